The van der Waals surface area contributed by atoms with Crippen molar-refractivity contribution in [2.24, 2.45) is 0 Å². The van der Waals surface area contributed by atoms with Crippen LogP contribution in [-0.4, -0.2) is 9.55 Å². The molecular formula is C47H42N2O2. The molecule has 9 aromatic rings. The topological polar surface area (TPSA) is 44.1 Å². The summed E-state index contributed by atoms with van der Waals surface area (Å²) in [6.07, 6.45) is 0. The van der Waals surface area contributed by atoms with Crippen LogP contribution < -0.4 is 0 Å². The molecule has 4 heteroatoms. The van der Waals surface area contributed by atoms with E-state index < -0.39 is 0 Å². The molecule has 4 nitrogen and oxygen atoms in total. The van der Waals surface area contributed by atoms with Crippen molar-refractivity contribution in [1.82, 2.24) is 9.55 Å². The minimum Gasteiger partial charge on any atom is -0.456 e. The molecule has 0 saturated carbocycles. The Morgan fingerprint density at radius 3 is 1.92 bits per heavy atom. The second kappa shape index (κ2) is 11.5. The van der Waals surface area contributed by atoms with E-state index in [9.17, 15) is 0 Å². The normalized spacial score (nSPS) is 12.6. The molecule has 0 radical (unpaired) electrons. The molecule has 3 heterocycles. The van der Waals surface area contributed by atoms with Gasteiger partial charge in [-0.05, 0) is 93.6 Å². The van der Waals surface area contributed by atoms with Crippen LogP contribution in [0.3, 0.4) is 0 Å². The summed E-state index contributed by atoms with van der Waals surface area (Å²) in [7, 11) is 0. The summed E-state index contributed by atoms with van der Waals surface area (Å²) in [5.74, 6) is 1.42. The molecule has 0 N–H and O–H groups in total. The fourth-order valence-electron chi connectivity index (χ4n) is 7.76. The van der Waals surface area contributed by atoms with E-state index in [-0.39, 0.29) is 17.3 Å². The lowest BCUT2D eigenvalue weighted by molar-refractivity contribution is 0.591. The summed E-state index contributed by atoms with van der Waals surface area (Å²) in [5, 5.41) is 4.23. The monoisotopic (exact) mass is 666 g/mol. The number of hydrogen-bond donors (Lipinski definition) is 0. The maximum Gasteiger partial charge on any atom is 0.149 e. The van der Waals surface area contributed by atoms with Crippen molar-refractivity contribution < 1.29 is 8.83 Å². The van der Waals surface area contributed by atoms with Crippen LogP contribution in [-0.2, 0) is 5.41 Å². The highest BCUT2D eigenvalue weighted by Crippen LogP contribution is 2.44. The standard InChI is InChI=1S/C47H42N2O2/c1-27(2)35-22-30(29-14-9-8-10-15-29)23-36(28(3)4)44(35)49-40-24-31(47(5,6)7)20-21-39(40)48-46(49)34-18-13-17-33-38-26-42-37(25-43(38)51-45(33)34)32-16-11-12-19-41(32)50-42/h8-28H,1-7H3. The van der Waals surface area contributed by atoms with E-state index in [0.29, 0.717) is 0 Å². The molecule has 0 bridgehead atoms. The lowest BCUT2D eigenvalue weighted by Crippen LogP contribution is -2.12. The van der Waals surface area contributed by atoms with E-state index in [2.05, 4.69) is 156 Å². The maximum absolute atomic E-state index is 6.87. The van der Waals surface area contributed by atoms with E-state index >= 15 is 0 Å². The Hall–Kier alpha value is -5.61. The molecular weight excluding hydrogens is 625 g/mol. The number of hydrogen-bond acceptors (Lipinski definition) is 3. The second-order valence-corrected chi connectivity index (χ2v) is 15.6. The largest absolute Gasteiger partial charge is 0.456 e. The van der Waals surface area contributed by atoms with E-state index in [4.69, 9.17) is 13.8 Å². The van der Waals surface area contributed by atoms with Gasteiger partial charge in [-0.2, -0.15) is 0 Å². The van der Waals surface area contributed by atoms with Crippen LogP contribution in [0.5, 0.6) is 0 Å². The van der Waals surface area contributed by atoms with Gasteiger partial charge in [-0.15, -0.1) is 0 Å². The highest BCUT2D eigenvalue weighted by Gasteiger charge is 2.27. The molecule has 6 aromatic carbocycles. The Bertz CT molecular complexity index is 2750. The molecule has 0 aliphatic carbocycles. The zero-order chi connectivity index (χ0) is 35.2. The Kier molecular flexibility index (Phi) is 7.05. The first-order chi connectivity index (χ1) is 24.6. The molecule has 252 valence electrons. The van der Waals surface area contributed by atoms with Gasteiger partial charge in [-0.25, -0.2) is 4.98 Å². The zero-order valence-electron chi connectivity index (χ0n) is 30.3. The molecule has 0 amide bonds. The molecule has 0 unspecified atom stereocenters. The maximum atomic E-state index is 6.87. The van der Waals surface area contributed by atoms with E-state index in [1.165, 1.54) is 33.5 Å². The Labute approximate surface area is 298 Å². The first kappa shape index (κ1) is 31.4. The smallest absolute Gasteiger partial charge is 0.149 e. The lowest BCUT2D eigenvalue weighted by Gasteiger charge is -2.25. The van der Waals surface area contributed by atoms with Crippen molar-refractivity contribution >= 4 is 54.9 Å². The number of fused-ring (bicyclic) bond motifs is 7. The lowest BCUT2D eigenvalue weighted by atomic mass is 9.86. The number of benzene rings is 6. The molecule has 0 spiro atoms. The van der Waals surface area contributed by atoms with Crippen LogP contribution in [0.4, 0.5) is 0 Å². The number of aromatic nitrogens is 2. The fourth-order valence-corrected chi connectivity index (χ4v) is 7.76. The number of furan rings is 2. The second-order valence-electron chi connectivity index (χ2n) is 15.6. The molecule has 51 heavy (non-hydrogen) atoms. The van der Waals surface area contributed by atoms with Gasteiger partial charge in [-0.3, -0.25) is 4.57 Å². The highest BCUT2D eigenvalue weighted by atomic mass is 16.3. The van der Waals surface area contributed by atoms with E-state index in [0.717, 1.165) is 66.3 Å². The summed E-state index contributed by atoms with van der Waals surface area (Å²) >= 11 is 0. The van der Waals surface area contributed by atoms with Gasteiger partial charge in [0.1, 0.15) is 28.2 Å². The SMILES string of the molecule is CC(C)c1cc(-c2ccccc2)cc(C(C)C)c1-n1c(-c2cccc3c2oc2cc4c(cc23)oc2ccccc24)nc2ccc(C(C)(C)C)cc21. The summed E-state index contributed by atoms with van der Waals surface area (Å²) in [4.78, 5) is 5.45. The molecule has 0 atom stereocenters. The summed E-state index contributed by atoms with van der Waals surface area (Å²) in [5.41, 5.74) is 14.0. The van der Waals surface area contributed by atoms with Crippen molar-refractivity contribution in [2.45, 2.75) is 65.7 Å². The van der Waals surface area contributed by atoms with Crippen molar-refractivity contribution in [3.63, 3.8) is 0 Å². The first-order valence-corrected chi connectivity index (χ1v) is 18.1. The number of imidazole rings is 1. The minimum atomic E-state index is -0.0256. The van der Waals surface area contributed by atoms with Gasteiger partial charge in [0.05, 0.1) is 22.3 Å². The average Bonchev–Trinajstić information content (AvgIpc) is 3.80. The van der Waals surface area contributed by atoms with Crippen molar-refractivity contribution in [2.75, 3.05) is 0 Å². The molecule has 0 aliphatic rings. The molecule has 0 fully saturated rings. The van der Waals surface area contributed by atoms with Crippen LogP contribution >= 0.6 is 0 Å². The molecule has 0 saturated heterocycles. The van der Waals surface area contributed by atoms with Crippen molar-refractivity contribution in [3.8, 4) is 28.2 Å². The van der Waals surface area contributed by atoms with E-state index in [1.54, 1.807) is 0 Å². The zero-order valence-corrected chi connectivity index (χ0v) is 30.3. The minimum absolute atomic E-state index is 0.0256. The Morgan fingerprint density at radius 2 is 1.22 bits per heavy atom. The number of nitrogens with zero attached hydrogens (tertiary/aromatic N) is 2. The first-order valence-electron chi connectivity index (χ1n) is 18.1. The Morgan fingerprint density at radius 1 is 0.569 bits per heavy atom. The number of para-hydroxylation sites is 2. The van der Waals surface area contributed by atoms with Crippen molar-refractivity contribution in [3.05, 3.63) is 132 Å². The van der Waals surface area contributed by atoms with Gasteiger partial charge in [-0.1, -0.05) is 115 Å². The summed E-state index contributed by atoms with van der Waals surface area (Å²) < 4.78 is 15.6. The molecule has 9 rings (SSSR count). The van der Waals surface area contributed by atoms with Crippen LogP contribution in [0.25, 0.3) is 83.1 Å². The average molecular weight is 667 g/mol. The van der Waals surface area contributed by atoms with E-state index in [1.807, 2.05) is 12.1 Å². The van der Waals surface area contributed by atoms with Gasteiger partial charge in [0.25, 0.3) is 0 Å². The third-order valence-corrected chi connectivity index (χ3v) is 10.5. The summed E-state index contributed by atoms with van der Waals surface area (Å²) in [6.45, 7) is 16.0. The van der Waals surface area contributed by atoms with Crippen LogP contribution in [0.1, 0.15) is 77.0 Å². The third-order valence-electron chi connectivity index (χ3n) is 10.5. The van der Waals surface area contributed by atoms with Gasteiger partial charge in [0.2, 0.25) is 0 Å². The van der Waals surface area contributed by atoms with Crippen LogP contribution in [0.15, 0.2) is 124 Å². The fraction of sp³-hybridized carbons (Fsp3) is 0.213. The van der Waals surface area contributed by atoms with Gasteiger partial charge in [0.15, 0.2) is 0 Å². The van der Waals surface area contributed by atoms with Gasteiger partial charge < -0.3 is 8.83 Å². The van der Waals surface area contributed by atoms with Gasteiger partial charge >= 0.3 is 0 Å². The highest BCUT2D eigenvalue weighted by molar-refractivity contribution is 6.16. The summed E-state index contributed by atoms with van der Waals surface area (Å²) in [6, 6.07) is 41.2. The van der Waals surface area contributed by atoms with Crippen LogP contribution in [0.2, 0.25) is 0 Å². The molecule has 0 aliphatic heterocycles. The quantitative estimate of drug-likeness (QED) is 0.184. The van der Waals surface area contributed by atoms with Crippen LogP contribution in [0, 0.1) is 0 Å². The Balaban J connectivity index is 1.38. The molecule has 3 aromatic heterocycles. The third kappa shape index (κ3) is 4.99. The number of rotatable bonds is 5. The predicted molar refractivity (Wildman–Crippen MR) is 213 cm³/mol. The van der Waals surface area contributed by atoms with Gasteiger partial charge in [0, 0.05) is 21.5 Å². The predicted octanol–water partition coefficient (Wildman–Crippen LogP) is 13.7. The van der Waals surface area contributed by atoms with Crippen molar-refractivity contribution in [1.29, 1.82) is 0 Å².